The summed E-state index contributed by atoms with van der Waals surface area (Å²) in [6.07, 6.45) is 1.39. The number of carbonyl (C=O) groups excluding carboxylic acids is 3. The molecule has 0 bridgehead atoms. The van der Waals surface area contributed by atoms with Gasteiger partial charge in [-0.05, 0) is 36.3 Å². The second-order valence-electron chi connectivity index (χ2n) is 6.92. The van der Waals surface area contributed by atoms with Crippen LogP contribution >= 0.6 is 0 Å². The summed E-state index contributed by atoms with van der Waals surface area (Å²) in [5.74, 6) is -0.615. The SMILES string of the molecule is CCOc1cc(C=C2C(=O)N(C)C(=O)N(C)C2=O)ccc1OCc1cccc([N+](=O)[O-])c1. The van der Waals surface area contributed by atoms with Crippen LogP contribution in [-0.2, 0) is 16.2 Å². The Morgan fingerprint density at radius 1 is 0.969 bits per heavy atom. The van der Waals surface area contributed by atoms with Gasteiger partial charge >= 0.3 is 6.03 Å². The van der Waals surface area contributed by atoms with E-state index in [-0.39, 0.29) is 17.9 Å². The highest BCUT2D eigenvalue weighted by Gasteiger charge is 2.37. The molecule has 32 heavy (non-hydrogen) atoms. The first-order chi connectivity index (χ1) is 15.2. The first-order valence-corrected chi connectivity index (χ1v) is 9.67. The zero-order valence-corrected chi connectivity index (χ0v) is 17.7. The lowest BCUT2D eigenvalue weighted by Gasteiger charge is -2.28. The number of nitrogens with zero attached hydrogens (tertiary/aromatic N) is 3. The average Bonchev–Trinajstić information content (AvgIpc) is 2.79. The van der Waals surface area contributed by atoms with Crippen LogP contribution in [0.25, 0.3) is 6.08 Å². The van der Waals surface area contributed by atoms with Crippen LogP contribution < -0.4 is 9.47 Å². The second-order valence-corrected chi connectivity index (χ2v) is 6.92. The molecule has 0 spiro atoms. The highest BCUT2D eigenvalue weighted by atomic mass is 16.6. The van der Waals surface area contributed by atoms with E-state index in [0.29, 0.717) is 29.2 Å². The van der Waals surface area contributed by atoms with Crippen LogP contribution in [0.15, 0.2) is 48.0 Å². The first kappa shape index (κ1) is 22.5. The molecule has 0 aliphatic carbocycles. The van der Waals surface area contributed by atoms with Gasteiger partial charge < -0.3 is 9.47 Å². The molecule has 0 radical (unpaired) electrons. The van der Waals surface area contributed by atoms with Crippen molar-refractivity contribution in [2.75, 3.05) is 20.7 Å². The predicted octanol–water partition coefficient (Wildman–Crippen LogP) is 3.01. The minimum absolute atomic E-state index is 0.0339. The second kappa shape index (κ2) is 9.29. The zero-order chi connectivity index (χ0) is 23.4. The summed E-state index contributed by atoms with van der Waals surface area (Å²) in [5, 5.41) is 10.9. The maximum atomic E-state index is 12.4. The monoisotopic (exact) mass is 439 g/mol. The summed E-state index contributed by atoms with van der Waals surface area (Å²) in [5.41, 5.74) is 0.932. The van der Waals surface area contributed by atoms with E-state index in [1.807, 2.05) is 0 Å². The Bertz CT molecular complexity index is 1100. The van der Waals surface area contributed by atoms with Crippen molar-refractivity contribution in [3.63, 3.8) is 0 Å². The van der Waals surface area contributed by atoms with Gasteiger partial charge in [0.25, 0.3) is 17.5 Å². The van der Waals surface area contributed by atoms with Crippen molar-refractivity contribution in [1.82, 2.24) is 9.80 Å². The molecule has 1 aliphatic rings. The lowest BCUT2D eigenvalue weighted by molar-refractivity contribution is -0.384. The average molecular weight is 439 g/mol. The third-order valence-corrected chi connectivity index (χ3v) is 4.74. The minimum atomic E-state index is -0.697. The van der Waals surface area contributed by atoms with Gasteiger partial charge in [-0.15, -0.1) is 0 Å². The summed E-state index contributed by atoms with van der Waals surface area (Å²) in [7, 11) is 2.61. The van der Waals surface area contributed by atoms with Crippen LogP contribution in [0.3, 0.4) is 0 Å². The quantitative estimate of drug-likeness (QED) is 0.281. The number of hydrogen-bond donors (Lipinski definition) is 0. The fourth-order valence-electron chi connectivity index (χ4n) is 3.06. The number of imide groups is 2. The lowest BCUT2D eigenvalue weighted by Crippen LogP contribution is -2.52. The third kappa shape index (κ3) is 4.59. The zero-order valence-electron chi connectivity index (χ0n) is 17.7. The topological polar surface area (TPSA) is 119 Å². The molecule has 0 N–H and O–H groups in total. The number of non-ortho nitro benzene ring substituents is 1. The van der Waals surface area contributed by atoms with Crippen molar-refractivity contribution >= 4 is 29.6 Å². The van der Waals surface area contributed by atoms with Crippen LogP contribution in [0, 0.1) is 10.1 Å². The fourth-order valence-corrected chi connectivity index (χ4v) is 3.06. The van der Waals surface area contributed by atoms with E-state index in [4.69, 9.17) is 9.47 Å². The van der Waals surface area contributed by atoms with E-state index in [2.05, 4.69) is 0 Å². The number of nitro benzene ring substituents is 1. The van der Waals surface area contributed by atoms with Gasteiger partial charge in [-0.3, -0.25) is 29.5 Å². The summed E-state index contributed by atoms with van der Waals surface area (Å²) < 4.78 is 11.4. The molecule has 10 nitrogen and oxygen atoms in total. The van der Waals surface area contributed by atoms with Gasteiger partial charge in [-0.25, -0.2) is 4.79 Å². The summed E-state index contributed by atoms with van der Waals surface area (Å²) in [6, 6.07) is 10.3. The number of rotatable bonds is 7. The Morgan fingerprint density at radius 3 is 2.28 bits per heavy atom. The van der Waals surface area contributed by atoms with Crippen molar-refractivity contribution in [3.05, 3.63) is 69.3 Å². The molecular weight excluding hydrogens is 418 g/mol. The molecule has 2 aromatic rings. The summed E-state index contributed by atoms with van der Waals surface area (Å²) in [4.78, 5) is 48.9. The van der Waals surface area contributed by atoms with E-state index in [9.17, 15) is 24.5 Å². The van der Waals surface area contributed by atoms with Gasteiger partial charge in [-0.2, -0.15) is 0 Å². The molecular formula is C22H21N3O7. The van der Waals surface area contributed by atoms with E-state index in [1.54, 1.807) is 37.3 Å². The number of nitro groups is 1. The smallest absolute Gasteiger partial charge is 0.333 e. The normalized spacial score (nSPS) is 14.0. The molecule has 0 atom stereocenters. The number of likely N-dealkylation sites (N-methyl/N-ethyl adjacent to an activating group) is 2. The number of hydrogen-bond acceptors (Lipinski definition) is 7. The molecule has 1 aliphatic heterocycles. The standard InChI is InChI=1S/C22H21N3O7/c1-4-31-19-12-14(11-17-20(26)23(2)22(28)24(3)21(17)27)8-9-18(19)32-13-15-6-5-7-16(10-15)25(29)30/h5-12H,4,13H2,1-3H3. The molecule has 2 aromatic carbocycles. The number of urea groups is 1. The molecule has 1 saturated heterocycles. The first-order valence-electron chi connectivity index (χ1n) is 9.67. The lowest BCUT2D eigenvalue weighted by atomic mass is 10.1. The third-order valence-electron chi connectivity index (χ3n) is 4.74. The van der Waals surface area contributed by atoms with E-state index in [0.717, 1.165) is 9.80 Å². The molecule has 4 amide bonds. The van der Waals surface area contributed by atoms with Gasteiger partial charge in [0.15, 0.2) is 11.5 Å². The number of benzene rings is 2. The minimum Gasteiger partial charge on any atom is -0.490 e. The van der Waals surface area contributed by atoms with Crippen molar-refractivity contribution in [2.24, 2.45) is 0 Å². The Hall–Kier alpha value is -4.21. The predicted molar refractivity (Wildman–Crippen MR) is 114 cm³/mol. The van der Waals surface area contributed by atoms with Crippen molar-refractivity contribution in [1.29, 1.82) is 0 Å². The molecule has 10 heteroatoms. The molecule has 166 valence electrons. The number of carbonyl (C=O) groups is 3. The van der Waals surface area contributed by atoms with E-state index in [1.165, 1.54) is 32.3 Å². The van der Waals surface area contributed by atoms with Crippen molar-refractivity contribution in [2.45, 2.75) is 13.5 Å². The van der Waals surface area contributed by atoms with Crippen LogP contribution in [0.5, 0.6) is 11.5 Å². The Balaban J connectivity index is 1.86. The summed E-state index contributed by atoms with van der Waals surface area (Å²) >= 11 is 0. The molecule has 1 fully saturated rings. The molecule has 0 unspecified atom stereocenters. The highest BCUT2D eigenvalue weighted by molar-refractivity contribution is 6.30. The van der Waals surface area contributed by atoms with Gasteiger partial charge in [0, 0.05) is 26.2 Å². The van der Waals surface area contributed by atoms with Gasteiger partial charge in [-0.1, -0.05) is 18.2 Å². The Morgan fingerprint density at radius 2 is 1.66 bits per heavy atom. The number of ether oxygens (including phenoxy) is 2. The molecule has 3 rings (SSSR count). The van der Waals surface area contributed by atoms with E-state index < -0.39 is 22.8 Å². The van der Waals surface area contributed by atoms with Crippen LogP contribution in [0.2, 0.25) is 0 Å². The van der Waals surface area contributed by atoms with E-state index >= 15 is 0 Å². The molecule has 0 aromatic heterocycles. The number of amides is 4. The van der Waals surface area contributed by atoms with Crippen molar-refractivity contribution < 1.29 is 28.8 Å². The van der Waals surface area contributed by atoms with Gasteiger partial charge in [0.05, 0.1) is 11.5 Å². The molecule has 1 heterocycles. The fraction of sp³-hybridized carbons (Fsp3) is 0.227. The maximum Gasteiger partial charge on any atom is 0.333 e. The number of barbiturate groups is 1. The summed E-state index contributed by atoms with van der Waals surface area (Å²) in [6.45, 7) is 2.21. The van der Waals surface area contributed by atoms with Gasteiger partial charge in [0.2, 0.25) is 0 Å². The molecule has 0 saturated carbocycles. The van der Waals surface area contributed by atoms with Crippen molar-refractivity contribution in [3.8, 4) is 11.5 Å². The van der Waals surface area contributed by atoms with Crippen LogP contribution in [0.4, 0.5) is 10.5 Å². The van der Waals surface area contributed by atoms with Crippen LogP contribution in [-0.4, -0.2) is 53.3 Å². The maximum absolute atomic E-state index is 12.4. The Kier molecular flexibility index (Phi) is 6.53. The van der Waals surface area contributed by atoms with Gasteiger partial charge in [0.1, 0.15) is 12.2 Å². The van der Waals surface area contributed by atoms with Crippen LogP contribution in [0.1, 0.15) is 18.1 Å². The highest BCUT2D eigenvalue weighted by Crippen LogP contribution is 2.31. The largest absolute Gasteiger partial charge is 0.490 e. The Labute approximate surface area is 183 Å².